The van der Waals surface area contributed by atoms with E-state index in [9.17, 15) is 4.39 Å². The summed E-state index contributed by atoms with van der Waals surface area (Å²) in [6, 6.07) is 8.48. The summed E-state index contributed by atoms with van der Waals surface area (Å²) in [6.45, 7) is 4.78. The second-order valence-electron chi connectivity index (χ2n) is 4.70. The first-order valence-electron chi connectivity index (χ1n) is 6.36. The first kappa shape index (κ1) is 14.9. The normalized spacial score (nSPS) is 10.8. The monoisotopic (exact) mass is 338 g/mol. The van der Waals surface area contributed by atoms with Gasteiger partial charge in [0.1, 0.15) is 5.75 Å². The highest BCUT2D eigenvalue weighted by Gasteiger charge is 2.06. The summed E-state index contributed by atoms with van der Waals surface area (Å²) in [5.41, 5.74) is 0.853. The fourth-order valence-electron chi connectivity index (χ4n) is 1.61. The van der Waals surface area contributed by atoms with Crippen molar-refractivity contribution in [1.29, 1.82) is 0 Å². The van der Waals surface area contributed by atoms with Crippen LogP contribution in [0.1, 0.15) is 19.5 Å². The number of pyridine rings is 1. The van der Waals surface area contributed by atoms with Gasteiger partial charge in [-0.25, -0.2) is 4.39 Å². The van der Waals surface area contributed by atoms with E-state index in [1.54, 1.807) is 30.5 Å². The number of hydrogen-bond donors (Lipinski definition) is 1. The number of ether oxygens (including phenoxy) is 1. The van der Waals surface area contributed by atoms with Gasteiger partial charge in [0.05, 0.1) is 5.69 Å². The molecule has 0 saturated carbocycles. The second-order valence-corrected chi connectivity index (χ2v) is 5.61. The van der Waals surface area contributed by atoms with E-state index in [2.05, 4.69) is 40.1 Å². The molecule has 0 atom stereocenters. The summed E-state index contributed by atoms with van der Waals surface area (Å²) in [4.78, 5) is 4.25. The molecule has 5 heteroatoms. The second kappa shape index (κ2) is 6.81. The van der Waals surface area contributed by atoms with Gasteiger partial charge in [0.15, 0.2) is 11.6 Å². The number of aromatic nitrogens is 1. The number of hydrogen-bond acceptors (Lipinski definition) is 3. The molecule has 2 rings (SSSR count). The summed E-state index contributed by atoms with van der Waals surface area (Å²) in [5, 5.41) is 3.27. The van der Waals surface area contributed by atoms with Crippen LogP contribution in [-0.2, 0) is 6.54 Å². The van der Waals surface area contributed by atoms with Crippen molar-refractivity contribution in [2.24, 2.45) is 0 Å². The van der Waals surface area contributed by atoms with Gasteiger partial charge < -0.3 is 10.1 Å². The zero-order valence-electron chi connectivity index (χ0n) is 11.4. The van der Waals surface area contributed by atoms with Crippen LogP contribution in [0.4, 0.5) is 4.39 Å². The Balaban J connectivity index is 2.13. The summed E-state index contributed by atoms with van der Waals surface area (Å²) >= 11 is 3.30. The summed E-state index contributed by atoms with van der Waals surface area (Å²) < 4.78 is 20.0. The molecule has 0 aliphatic rings. The average Bonchev–Trinajstić information content (AvgIpc) is 2.41. The minimum atomic E-state index is -0.396. The summed E-state index contributed by atoms with van der Waals surface area (Å²) in [6.07, 6.45) is 1.66. The molecule has 106 valence electrons. The van der Waals surface area contributed by atoms with Crippen molar-refractivity contribution in [2.45, 2.75) is 26.4 Å². The maximum atomic E-state index is 13.6. The topological polar surface area (TPSA) is 34.1 Å². The Kier molecular flexibility index (Phi) is 5.09. The van der Waals surface area contributed by atoms with Crippen molar-refractivity contribution < 1.29 is 9.13 Å². The van der Waals surface area contributed by atoms with Gasteiger partial charge in [0.2, 0.25) is 0 Å². The van der Waals surface area contributed by atoms with Crippen LogP contribution >= 0.6 is 15.9 Å². The van der Waals surface area contributed by atoms with E-state index < -0.39 is 5.82 Å². The smallest absolute Gasteiger partial charge is 0.165 e. The number of nitrogens with zero attached hydrogens (tertiary/aromatic N) is 1. The zero-order chi connectivity index (χ0) is 14.5. The maximum absolute atomic E-state index is 13.6. The maximum Gasteiger partial charge on any atom is 0.165 e. The fraction of sp³-hybridized carbons (Fsp3) is 0.267. The molecular weight excluding hydrogens is 323 g/mol. The molecule has 0 aliphatic carbocycles. The van der Waals surface area contributed by atoms with E-state index in [0.717, 1.165) is 10.2 Å². The van der Waals surface area contributed by atoms with Gasteiger partial charge >= 0.3 is 0 Å². The van der Waals surface area contributed by atoms with Crippen LogP contribution in [0.2, 0.25) is 0 Å². The SMILES string of the molecule is CC(C)NCc1cc(Oc2cc(Br)ccc2F)ccn1. The van der Waals surface area contributed by atoms with E-state index >= 15 is 0 Å². The van der Waals surface area contributed by atoms with E-state index in [1.807, 2.05) is 0 Å². The molecule has 2 aromatic rings. The van der Waals surface area contributed by atoms with Crippen LogP contribution in [0, 0.1) is 5.82 Å². The Labute approximate surface area is 126 Å². The van der Waals surface area contributed by atoms with Gasteiger partial charge in [0.25, 0.3) is 0 Å². The predicted octanol–water partition coefficient (Wildman–Crippen LogP) is 4.27. The standard InChI is InChI=1S/C15H16BrFN2O/c1-10(2)19-9-12-8-13(5-6-18-12)20-15-7-11(16)3-4-14(15)17/h3-8,10,19H,9H2,1-2H3. The highest BCUT2D eigenvalue weighted by atomic mass is 79.9. The van der Waals surface area contributed by atoms with Gasteiger partial charge in [-0.2, -0.15) is 0 Å². The van der Waals surface area contributed by atoms with Crippen molar-refractivity contribution in [2.75, 3.05) is 0 Å². The Morgan fingerprint density at radius 1 is 1.30 bits per heavy atom. The molecule has 1 aromatic carbocycles. The molecule has 1 heterocycles. The molecule has 3 nitrogen and oxygen atoms in total. The third-order valence-electron chi connectivity index (χ3n) is 2.60. The molecule has 20 heavy (non-hydrogen) atoms. The van der Waals surface area contributed by atoms with Gasteiger partial charge in [-0.05, 0) is 24.3 Å². The Hall–Kier alpha value is -1.46. The molecule has 0 unspecified atom stereocenters. The van der Waals surface area contributed by atoms with E-state index in [0.29, 0.717) is 18.3 Å². The Bertz CT molecular complexity index is 590. The molecule has 0 saturated heterocycles. The van der Waals surface area contributed by atoms with Crippen molar-refractivity contribution >= 4 is 15.9 Å². The van der Waals surface area contributed by atoms with Crippen LogP contribution in [0.25, 0.3) is 0 Å². The Morgan fingerprint density at radius 3 is 2.85 bits per heavy atom. The van der Waals surface area contributed by atoms with Crippen molar-refractivity contribution in [3.05, 3.63) is 52.5 Å². The minimum absolute atomic E-state index is 0.188. The molecule has 1 N–H and O–H groups in total. The third-order valence-corrected chi connectivity index (χ3v) is 3.09. The number of nitrogens with one attached hydrogen (secondary N) is 1. The van der Waals surface area contributed by atoms with Crippen molar-refractivity contribution in [3.8, 4) is 11.5 Å². The lowest BCUT2D eigenvalue weighted by molar-refractivity contribution is 0.440. The molecule has 0 amide bonds. The van der Waals surface area contributed by atoms with Gasteiger partial charge in [-0.1, -0.05) is 29.8 Å². The van der Waals surface area contributed by atoms with Crippen molar-refractivity contribution in [1.82, 2.24) is 10.3 Å². The number of benzene rings is 1. The van der Waals surface area contributed by atoms with Crippen LogP contribution < -0.4 is 10.1 Å². The first-order valence-corrected chi connectivity index (χ1v) is 7.15. The van der Waals surface area contributed by atoms with Crippen LogP contribution in [0.3, 0.4) is 0 Å². The summed E-state index contributed by atoms with van der Waals surface area (Å²) in [5.74, 6) is 0.359. The number of rotatable bonds is 5. The van der Waals surface area contributed by atoms with Gasteiger partial charge in [-0.3, -0.25) is 4.98 Å². The lowest BCUT2D eigenvalue weighted by Crippen LogP contribution is -2.22. The lowest BCUT2D eigenvalue weighted by Gasteiger charge is -2.10. The van der Waals surface area contributed by atoms with Gasteiger partial charge in [0, 0.05) is 29.3 Å². The van der Waals surface area contributed by atoms with Crippen molar-refractivity contribution in [3.63, 3.8) is 0 Å². The van der Waals surface area contributed by atoms with E-state index in [4.69, 9.17) is 4.74 Å². The minimum Gasteiger partial charge on any atom is -0.454 e. The predicted molar refractivity (Wildman–Crippen MR) is 80.4 cm³/mol. The van der Waals surface area contributed by atoms with E-state index in [-0.39, 0.29) is 5.75 Å². The largest absolute Gasteiger partial charge is 0.454 e. The molecule has 0 spiro atoms. The third kappa shape index (κ3) is 4.28. The highest BCUT2D eigenvalue weighted by Crippen LogP contribution is 2.27. The average molecular weight is 339 g/mol. The van der Waals surface area contributed by atoms with Crippen LogP contribution in [-0.4, -0.2) is 11.0 Å². The fourth-order valence-corrected chi connectivity index (χ4v) is 1.95. The summed E-state index contributed by atoms with van der Waals surface area (Å²) in [7, 11) is 0. The molecule has 0 fully saturated rings. The van der Waals surface area contributed by atoms with Crippen LogP contribution in [0.15, 0.2) is 41.0 Å². The zero-order valence-corrected chi connectivity index (χ0v) is 12.9. The molecular formula is C15H16BrFN2O. The molecule has 1 aromatic heterocycles. The quantitative estimate of drug-likeness (QED) is 0.883. The van der Waals surface area contributed by atoms with E-state index in [1.165, 1.54) is 6.07 Å². The number of halogens is 2. The van der Waals surface area contributed by atoms with Crippen LogP contribution in [0.5, 0.6) is 11.5 Å². The highest BCUT2D eigenvalue weighted by molar-refractivity contribution is 9.10. The molecule has 0 radical (unpaired) electrons. The lowest BCUT2D eigenvalue weighted by atomic mass is 10.3. The molecule has 0 aliphatic heterocycles. The van der Waals surface area contributed by atoms with Gasteiger partial charge in [-0.15, -0.1) is 0 Å². The first-order chi connectivity index (χ1) is 9.54. The molecule has 0 bridgehead atoms. The Morgan fingerprint density at radius 2 is 2.10 bits per heavy atom.